The maximum atomic E-state index is 11.6. The van der Waals surface area contributed by atoms with E-state index in [2.05, 4.69) is 43.2 Å². The average molecular weight is 315 g/mol. The van der Waals surface area contributed by atoms with Crippen molar-refractivity contribution in [2.75, 3.05) is 13.2 Å². The van der Waals surface area contributed by atoms with E-state index in [0.717, 1.165) is 12.0 Å². The maximum absolute atomic E-state index is 11.6. The topological polar surface area (TPSA) is 70.1 Å². The zero-order chi connectivity index (χ0) is 16.9. The van der Waals surface area contributed by atoms with Crippen LogP contribution in [-0.4, -0.2) is 28.9 Å². The molecule has 0 spiro atoms. The molecule has 0 saturated heterocycles. The first-order valence-electron chi connectivity index (χ1n) is 7.95. The Hall–Kier alpha value is -2.14. The van der Waals surface area contributed by atoms with Crippen LogP contribution in [0.4, 0.5) is 0 Å². The summed E-state index contributed by atoms with van der Waals surface area (Å²) in [5.74, 6) is -0.336. The average Bonchev–Trinajstić information content (AvgIpc) is 2.97. The summed E-state index contributed by atoms with van der Waals surface area (Å²) in [5, 5.41) is 4.21. The van der Waals surface area contributed by atoms with Crippen molar-refractivity contribution in [2.24, 2.45) is 5.73 Å². The number of rotatable bonds is 7. The van der Waals surface area contributed by atoms with Crippen LogP contribution in [0.25, 0.3) is 0 Å². The summed E-state index contributed by atoms with van der Waals surface area (Å²) in [6.07, 6.45) is 4.20. The SMILES string of the molecule is CCOC(=O)c1cnn(Cc2ccc(C(C)(C)CCN)cc2)c1. The zero-order valence-electron chi connectivity index (χ0n) is 14.1. The van der Waals surface area contributed by atoms with Crippen LogP contribution in [0.15, 0.2) is 36.7 Å². The summed E-state index contributed by atoms with van der Waals surface area (Å²) in [5.41, 5.74) is 8.65. The van der Waals surface area contributed by atoms with E-state index in [1.807, 2.05) is 0 Å². The number of hydrogen-bond donors (Lipinski definition) is 1. The Balaban J connectivity index is 2.05. The number of hydrogen-bond acceptors (Lipinski definition) is 4. The van der Waals surface area contributed by atoms with Crippen molar-refractivity contribution in [1.82, 2.24) is 9.78 Å². The van der Waals surface area contributed by atoms with Crippen LogP contribution < -0.4 is 5.73 Å². The minimum atomic E-state index is -0.336. The van der Waals surface area contributed by atoms with E-state index in [1.54, 1.807) is 17.8 Å². The van der Waals surface area contributed by atoms with Gasteiger partial charge in [0.15, 0.2) is 0 Å². The monoisotopic (exact) mass is 315 g/mol. The first-order valence-corrected chi connectivity index (χ1v) is 7.95. The van der Waals surface area contributed by atoms with E-state index in [0.29, 0.717) is 25.3 Å². The molecule has 0 aliphatic rings. The van der Waals surface area contributed by atoms with Gasteiger partial charge in [0.25, 0.3) is 0 Å². The van der Waals surface area contributed by atoms with Crippen molar-refractivity contribution < 1.29 is 9.53 Å². The second kappa shape index (κ2) is 7.42. The van der Waals surface area contributed by atoms with Crippen molar-refractivity contribution in [1.29, 1.82) is 0 Å². The Kier molecular flexibility index (Phi) is 5.55. The molecule has 0 atom stereocenters. The summed E-state index contributed by atoms with van der Waals surface area (Å²) in [6.45, 7) is 7.86. The Morgan fingerprint density at radius 2 is 2.00 bits per heavy atom. The van der Waals surface area contributed by atoms with Crippen molar-refractivity contribution in [3.63, 3.8) is 0 Å². The van der Waals surface area contributed by atoms with Crippen LogP contribution in [0.2, 0.25) is 0 Å². The molecule has 0 saturated carbocycles. The lowest BCUT2D eigenvalue weighted by Crippen LogP contribution is -2.21. The molecule has 0 bridgehead atoms. The molecular formula is C18H25N3O2. The van der Waals surface area contributed by atoms with Crippen LogP contribution in [0, 0.1) is 0 Å². The van der Waals surface area contributed by atoms with E-state index >= 15 is 0 Å². The number of nitrogens with zero attached hydrogens (tertiary/aromatic N) is 2. The van der Waals surface area contributed by atoms with Crippen molar-refractivity contribution >= 4 is 5.97 Å². The number of benzene rings is 1. The highest BCUT2D eigenvalue weighted by Crippen LogP contribution is 2.26. The third-order valence-corrected chi connectivity index (χ3v) is 3.99. The Morgan fingerprint density at radius 1 is 1.30 bits per heavy atom. The first-order chi connectivity index (χ1) is 11.0. The fourth-order valence-corrected chi connectivity index (χ4v) is 2.52. The molecule has 0 fully saturated rings. The molecule has 0 amide bonds. The lowest BCUT2D eigenvalue weighted by atomic mass is 9.81. The highest BCUT2D eigenvalue weighted by Gasteiger charge is 2.19. The quantitative estimate of drug-likeness (QED) is 0.798. The van der Waals surface area contributed by atoms with Crippen LogP contribution in [-0.2, 0) is 16.7 Å². The molecule has 1 aromatic heterocycles. The highest BCUT2D eigenvalue weighted by molar-refractivity contribution is 5.88. The van der Waals surface area contributed by atoms with Gasteiger partial charge in [0.1, 0.15) is 0 Å². The van der Waals surface area contributed by atoms with Crippen LogP contribution in [0.5, 0.6) is 0 Å². The number of ether oxygens (including phenoxy) is 1. The first kappa shape index (κ1) is 17.2. The van der Waals surface area contributed by atoms with E-state index in [4.69, 9.17) is 10.5 Å². The minimum absolute atomic E-state index is 0.0794. The van der Waals surface area contributed by atoms with Crippen LogP contribution in [0.3, 0.4) is 0 Å². The largest absolute Gasteiger partial charge is 0.462 e. The van der Waals surface area contributed by atoms with E-state index < -0.39 is 0 Å². The standard InChI is InChI=1S/C18H25N3O2/c1-4-23-17(22)15-11-20-21(13-15)12-14-5-7-16(8-6-14)18(2,3)9-10-19/h5-8,11,13H,4,9-10,12,19H2,1-3H3. The van der Waals surface area contributed by atoms with Gasteiger partial charge in [-0.15, -0.1) is 0 Å². The van der Waals surface area contributed by atoms with Crippen LogP contribution in [0.1, 0.15) is 48.7 Å². The van der Waals surface area contributed by atoms with Crippen molar-refractivity contribution in [3.05, 3.63) is 53.3 Å². The Bertz CT molecular complexity index is 645. The van der Waals surface area contributed by atoms with Gasteiger partial charge in [-0.1, -0.05) is 38.1 Å². The third kappa shape index (κ3) is 4.42. The van der Waals surface area contributed by atoms with Gasteiger partial charge < -0.3 is 10.5 Å². The second-order valence-corrected chi connectivity index (χ2v) is 6.27. The molecule has 0 radical (unpaired) electrons. The molecule has 0 unspecified atom stereocenters. The lowest BCUT2D eigenvalue weighted by molar-refractivity contribution is 0.0526. The van der Waals surface area contributed by atoms with Gasteiger partial charge >= 0.3 is 5.97 Å². The third-order valence-electron chi connectivity index (χ3n) is 3.99. The fraction of sp³-hybridized carbons (Fsp3) is 0.444. The molecule has 5 nitrogen and oxygen atoms in total. The predicted octanol–water partition coefficient (Wildman–Crippen LogP) is 2.73. The van der Waals surface area contributed by atoms with E-state index in [9.17, 15) is 4.79 Å². The molecule has 1 aromatic carbocycles. The molecule has 5 heteroatoms. The minimum Gasteiger partial charge on any atom is -0.462 e. The van der Waals surface area contributed by atoms with Gasteiger partial charge in [-0.05, 0) is 36.4 Å². The van der Waals surface area contributed by atoms with Gasteiger partial charge in [-0.3, -0.25) is 4.68 Å². The van der Waals surface area contributed by atoms with E-state index in [-0.39, 0.29) is 11.4 Å². The molecule has 0 aliphatic heterocycles. The summed E-state index contributed by atoms with van der Waals surface area (Å²) in [7, 11) is 0. The summed E-state index contributed by atoms with van der Waals surface area (Å²) >= 11 is 0. The number of carbonyl (C=O) groups excluding carboxylic acids is 1. The fourth-order valence-electron chi connectivity index (χ4n) is 2.52. The van der Waals surface area contributed by atoms with Crippen molar-refractivity contribution in [3.8, 4) is 0 Å². The van der Waals surface area contributed by atoms with Crippen LogP contribution >= 0.6 is 0 Å². The Labute approximate surface area is 137 Å². The molecule has 0 aliphatic carbocycles. The smallest absolute Gasteiger partial charge is 0.341 e. The second-order valence-electron chi connectivity index (χ2n) is 6.27. The van der Waals surface area contributed by atoms with Crippen molar-refractivity contribution in [2.45, 2.75) is 39.2 Å². The predicted molar refractivity (Wildman–Crippen MR) is 90.4 cm³/mol. The van der Waals surface area contributed by atoms with E-state index in [1.165, 1.54) is 11.8 Å². The Morgan fingerprint density at radius 3 is 2.61 bits per heavy atom. The molecule has 2 N–H and O–H groups in total. The number of esters is 1. The van der Waals surface area contributed by atoms with Gasteiger partial charge in [-0.25, -0.2) is 4.79 Å². The lowest BCUT2D eigenvalue weighted by Gasteiger charge is -2.24. The molecule has 2 aromatic rings. The van der Waals surface area contributed by atoms with Gasteiger partial charge in [0.2, 0.25) is 0 Å². The summed E-state index contributed by atoms with van der Waals surface area (Å²) < 4.78 is 6.71. The molecule has 23 heavy (non-hydrogen) atoms. The van der Waals surface area contributed by atoms with Gasteiger partial charge in [0.05, 0.1) is 24.9 Å². The number of nitrogens with two attached hydrogens (primary N) is 1. The van der Waals surface area contributed by atoms with Gasteiger partial charge in [-0.2, -0.15) is 5.10 Å². The molecule has 2 rings (SSSR count). The number of carbonyl (C=O) groups is 1. The highest BCUT2D eigenvalue weighted by atomic mass is 16.5. The molecule has 1 heterocycles. The normalized spacial score (nSPS) is 11.5. The van der Waals surface area contributed by atoms with Gasteiger partial charge in [0, 0.05) is 6.20 Å². The summed E-state index contributed by atoms with van der Waals surface area (Å²) in [4.78, 5) is 11.6. The zero-order valence-corrected chi connectivity index (χ0v) is 14.1. The molecule has 124 valence electrons. The maximum Gasteiger partial charge on any atom is 0.341 e. The summed E-state index contributed by atoms with van der Waals surface area (Å²) in [6, 6.07) is 8.47. The number of aromatic nitrogens is 2. The molecular weight excluding hydrogens is 290 g/mol.